The van der Waals surface area contributed by atoms with Crippen LogP contribution in [0.1, 0.15) is 43.7 Å². The number of hydrogen-bond acceptors (Lipinski definition) is 2. The van der Waals surface area contributed by atoms with Crippen LogP contribution in [0, 0.1) is 6.92 Å². The fourth-order valence-corrected chi connectivity index (χ4v) is 1.94. The molecule has 0 aliphatic carbocycles. The highest BCUT2D eigenvalue weighted by Crippen LogP contribution is 2.23. The molecule has 0 bridgehead atoms. The molecule has 1 aromatic carbocycles. The van der Waals surface area contributed by atoms with Crippen LogP contribution >= 0.6 is 0 Å². The van der Waals surface area contributed by atoms with Crippen molar-refractivity contribution in [3.63, 3.8) is 0 Å². The minimum Gasteiger partial charge on any atom is -0.394 e. The number of carbonyl (C=O) groups excluding carboxylic acids is 1. The number of aliphatic hydroxyl groups excluding tert-OH is 1. The Labute approximate surface area is 109 Å². The second-order valence-corrected chi connectivity index (χ2v) is 4.87. The van der Waals surface area contributed by atoms with E-state index in [1.165, 1.54) is 11.1 Å². The number of carbonyl (C=O) groups is 1. The average molecular weight is 249 g/mol. The van der Waals surface area contributed by atoms with Crippen LogP contribution in [0.15, 0.2) is 24.3 Å². The number of amides is 1. The first-order valence-electron chi connectivity index (χ1n) is 6.53. The SMILES string of the molecule is CCC(CC(=O)NC(C)CO)c1ccc(C)cc1. The zero-order valence-electron chi connectivity index (χ0n) is 11.4. The predicted octanol–water partition coefficient (Wildman–Crippen LogP) is 2.38. The Kier molecular flexibility index (Phi) is 5.86. The van der Waals surface area contributed by atoms with Gasteiger partial charge in [0.2, 0.25) is 5.91 Å². The van der Waals surface area contributed by atoms with Gasteiger partial charge >= 0.3 is 0 Å². The molecule has 0 saturated carbocycles. The lowest BCUT2D eigenvalue weighted by atomic mass is 9.92. The van der Waals surface area contributed by atoms with Gasteiger partial charge in [0.15, 0.2) is 0 Å². The van der Waals surface area contributed by atoms with E-state index in [9.17, 15) is 4.79 Å². The van der Waals surface area contributed by atoms with E-state index >= 15 is 0 Å². The molecule has 18 heavy (non-hydrogen) atoms. The van der Waals surface area contributed by atoms with Crippen LogP contribution in [-0.2, 0) is 4.79 Å². The third kappa shape index (κ3) is 4.49. The Balaban J connectivity index is 2.61. The van der Waals surface area contributed by atoms with E-state index < -0.39 is 0 Å². The molecule has 2 unspecified atom stereocenters. The van der Waals surface area contributed by atoms with Gasteiger partial charge in [-0.15, -0.1) is 0 Å². The summed E-state index contributed by atoms with van der Waals surface area (Å²) in [5, 5.41) is 11.7. The van der Waals surface area contributed by atoms with Crippen molar-refractivity contribution in [1.82, 2.24) is 5.32 Å². The van der Waals surface area contributed by atoms with E-state index in [0.717, 1.165) is 6.42 Å². The monoisotopic (exact) mass is 249 g/mol. The van der Waals surface area contributed by atoms with Gasteiger partial charge in [-0.1, -0.05) is 36.8 Å². The maximum absolute atomic E-state index is 11.8. The van der Waals surface area contributed by atoms with Crippen LogP contribution in [0.5, 0.6) is 0 Å². The summed E-state index contributed by atoms with van der Waals surface area (Å²) < 4.78 is 0. The molecule has 100 valence electrons. The largest absolute Gasteiger partial charge is 0.394 e. The lowest BCUT2D eigenvalue weighted by molar-refractivity contribution is -0.122. The van der Waals surface area contributed by atoms with Gasteiger partial charge in [0.25, 0.3) is 0 Å². The van der Waals surface area contributed by atoms with E-state index in [2.05, 4.69) is 43.4 Å². The first kappa shape index (κ1) is 14.7. The highest BCUT2D eigenvalue weighted by atomic mass is 16.3. The summed E-state index contributed by atoms with van der Waals surface area (Å²) in [6, 6.07) is 8.16. The second kappa shape index (κ2) is 7.17. The Morgan fingerprint density at radius 2 is 1.94 bits per heavy atom. The van der Waals surface area contributed by atoms with Crippen molar-refractivity contribution < 1.29 is 9.90 Å². The molecule has 1 rings (SSSR count). The second-order valence-electron chi connectivity index (χ2n) is 4.87. The van der Waals surface area contributed by atoms with Gasteiger partial charge in [-0.3, -0.25) is 4.79 Å². The smallest absolute Gasteiger partial charge is 0.220 e. The highest BCUT2D eigenvalue weighted by Gasteiger charge is 2.15. The van der Waals surface area contributed by atoms with Crippen molar-refractivity contribution >= 4 is 5.91 Å². The van der Waals surface area contributed by atoms with Crippen LogP contribution in [-0.4, -0.2) is 23.7 Å². The number of hydrogen-bond donors (Lipinski definition) is 2. The molecule has 2 N–H and O–H groups in total. The fourth-order valence-electron chi connectivity index (χ4n) is 1.94. The Morgan fingerprint density at radius 1 is 1.33 bits per heavy atom. The van der Waals surface area contributed by atoms with Crippen molar-refractivity contribution in [1.29, 1.82) is 0 Å². The molecular formula is C15H23NO2. The highest BCUT2D eigenvalue weighted by molar-refractivity contribution is 5.77. The first-order chi connectivity index (χ1) is 8.56. The van der Waals surface area contributed by atoms with Crippen LogP contribution in [0.3, 0.4) is 0 Å². The lowest BCUT2D eigenvalue weighted by Crippen LogP contribution is -2.35. The molecule has 3 nitrogen and oxygen atoms in total. The summed E-state index contributed by atoms with van der Waals surface area (Å²) in [6.07, 6.45) is 1.41. The standard InChI is InChI=1S/C15H23NO2/c1-4-13(9-15(18)16-12(3)10-17)14-7-5-11(2)6-8-14/h5-8,12-13,17H,4,9-10H2,1-3H3,(H,16,18). The maximum atomic E-state index is 11.8. The van der Waals surface area contributed by atoms with Crippen LogP contribution in [0.2, 0.25) is 0 Å². The van der Waals surface area contributed by atoms with E-state index in [0.29, 0.717) is 6.42 Å². The average Bonchev–Trinajstić information content (AvgIpc) is 2.37. The molecule has 2 atom stereocenters. The summed E-state index contributed by atoms with van der Waals surface area (Å²) >= 11 is 0. The maximum Gasteiger partial charge on any atom is 0.220 e. The lowest BCUT2D eigenvalue weighted by Gasteiger charge is -2.17. The molecule has 1 aromatic rings. The molecule has 0 heterocycles. The Morgan fingerprint density at radius 3 is 2.44 bits per heavy atom. The van der Waals surface area contributed by atoms with Crippen LogP contribution in [0.25, 0.3) is 0 Å². The zero-order valence-corrected chi connectivity index (χ0v) is 11.4. The summed E-state index contributed by atoms with van der Waals surface area (Å²) in [5.41, 5.74) is 2.43. The summed E-state index contributed by atoms with van der Waals surface area (Å²) in [6.45, 7) is 5.92. The fraction of sp³-hybridized carbons (Fsp3) is 0.533. The van der Waals surface area contributed by atoms with Gasteiger partial charge < -0.3 is 10.4 Å². The third-order valence-corrected chi connectivity index (χ3v) is 3.15. The van der Waals surface area contributed by atoms with Crippen molar-refractivity contribution in [3.05, 3.63) is 35.4 Å². The molecule has 3 heteroatoms. The normalized spacial score (nSPS) is 14.0. The van der Waals surface area contributed by atoms with Crippen molar-refractivity contribution in [2.45, 2.75) is 45.6 Å². The molecule has 0 spiro atoms. The number of nitrogens with one attached hydrogen (secondary N) is 1. The summed E-state index contributed by atoms with van der Waals surface area (Å²) in [5.74, 6) is 0.250. The topological polar surface area (TPSA) is 49.3 Å². The number of benzene rings is 1. The van der Waals surface area contributed by atoms with Gasteiger partial charge in [0.05, 0.1) is 6.61 Å². The van der Waals surface area contributed by atoms with Crippen molar-refractivity contribution in [2.75, 3.05) is 6.61 Å². The third-order valence-electron chi connectivity index (χ3n) is 3.15. The van der Waals surface area contributed by atoms with Gasteiger partial charge in [-0.05, 0) is 31.7 Å². The molecule has 0 radical (unpaired) electrons. The quantitative estimate of drug-likeness (QED) is 0.813. The zero-order chi connectivity index (χ0) is 13.5. The predicted molar refractivity (Wildman–Crippen MR) is 73.5 cm³/mol. The molecule has 1 amide bonds. The van der Waals surface area contributed by atoms with E-state index in [-0.39, 0.29) is 24.5 Å². The minimum absolute atomic E-state index is 0.00368. The van der Waals surface area contributed by atoms with E-state index in [1.54, 1.807) is 6.92 Å². The Hall–Kier alpha value is -1.35. The number of aryl methyl sites for hydroxylation is 1. The van der Waals surface area contributed by atoms with Crippen LogP contribution < -0.4 is 5.32 Å². The number of rotatable bonds is 6. The van der Waals surface area contributed by atoms with Crippen molar-refractivity contribution in [3.8, 4) is 0 Å². The summed E-state index contributed by atoms with van der Waals surface area (Å²) in [7, 11) is 0. The number of aliphatic hydroxyl groups is 1. The molecule has 0 fully saturated rings. The van der Waals surface area contributed by atoms with Gasteiger partial charge in [0, 0.05) is 12.5 Å². The van der Waals surface area contributed by atoms with Gasteiger partial charge in [-0.2, -0.15) is 0 Å². The van der Waals surface area contributed by atoms with Gasteiger partial charge in [-0.25, -0.2) is 0 Å². The Bertz CT molecular complexity index is 373. The van der Waals surface area contributed by atoms with E-state index in [4.69, 9.17) is 5.11 Å². The molecule has 0 aliphatic rings. The minimum atomic E-state index is -0.173. The molecule has 0 aromatic heterocycles. The molecule has 0 aliphatic heterocycles. The van der Waals surface area contributed by atoms with E-state index in [1.807, 2.05) is 0 Å². The first-order valence-corrected chi connectivity index (χ1v) is 6.53. The van der Waals surface area contributed by atoms with Crippen molar-refractivity contribution in [2.24, 2.45) is 0 Å². The molecule has 0 saturated heterocycles. The van der Waals surface area contributed by atoms with Gasteiger partial charge in [0.1, 0.15) is 0 Å². The summed E-state index contributed by atoms with van der Waals surface area (Å²) in [4.78, 5) is 11.8. The molecular weight excluding hydrogens is 226 g/mol. The van der Waals surface area contributed by atoms with Crippen LogP contribution in [0.4, 0.5) is 0 Å².